The van der Waals surface area contributed by atoms with Crippen LogP contribution in [0.3, 0.4) is 0 Å². The van der Waals surface area contributed by atoms with Crippen LogP contribution in [0.15, 0.2) is 66.0 Å². The first-order chi connectivity index (χ1) is 13.9. The van der Waals surface area contributed by atoms with E-state index in [0.29, 0.717) is 4.88 Å². The molecular formula is C20H17N3O5S. The first kappa shape index (κ1) is 20.0. The van der Waals surface area contributed by atoms with Crippen LogP contribution in [-0.4, -0.2) is 27.9 Å². The number of nitrogens with one attached hydrogen (secondary N) is 2. The van der Waals surface area contributed by atoms with Crippen molar-refractivity contribution >= 4 is 34.5 Å². The summed E-state index contributed by atoms with van der Waals surface area (Å²) in [5.41, 5.74) is 0.440. The molecule has 3 aromatic rings. The van der Waals surface area contributed by atoms with Gasteiger partial charge in [0.25, 0.3) is 11.6 Å². The molecule has 2 aromatic carbocycles. The number of benzene rings is 2. The van der Waals surface area contributed by atoms with Crippen molar-refractivity contribution < 1.29 is 19.6 Å². The quantitative estimate of drug-likeness (QED) is 0.313. The van der Waals surface area contributed by atoms with Gasteiger partial charge in [-0.3, -0.25) is 19.7 Å². The number of hydrogen-bond acceptors (Lipinski definition) is 6. The number of thiophene rings is 1. The van der Waals surface area contributed by atoms with E-state index in [-0.39, 0.29) is 23.5 Å². The maximum atomic E-state index is 12.9. The van der Waals surface area contributed by atoms with E-state index < -0.39 is 22.8 Å². The Hall–Kier alpha value is -3.72. The summed E-state index contributed by atoms with van der Waals surface area (Å²) in [5, 5.41) is 27.8. The van der Waals surface area contributed by atoms with Crippen molar-refractivity contribution in [1.82, 2.24) is 5.32 Å². The van der Waals surface area contributed by atoms with Crippen LogP contribution >= 0.6 is 11.3 Å². The molecule has 0 saturated carbocycles. The number of nitro groups is 1. The van der Waals surface area contributed by atoms with Crippen LogP contribution in [0, 0.1) is 10.1 Å². The molecule has 1 aromatic heterocycles. The molecule has 1 heterocycles. The first-order valence-corrected chi connectivity index (χ1v) is 9.48. The lowest BCUT2D eigenvalue weighted by atomic mass is 10.0. The number of anilines is 1. The highest BCUT2D eigenvalue weighted by molar-refractivity contribution is 7.12. The number of rotatable bonds is 7. The Kier molecular flexibility index (Phi) is 6.20. The van der Waals surface area contributed by atoms with Crippen LogP contribution in [0.2, 0.25) is 0 Å². The first-order valence-electron chi connectivity index (χ1n) is 8.60. The fourth-order valence-corrected chi connectivity index (χ4v) is 3.28. The van der Waals surface area contributed by atoms with Gasteiger partial charge in [0.05, 0.1) is 15.5 Å². The summed E-state index contributed by atoms with van der Waals surface area (Å²) < 4.78 is 0. The number of amides is 2. The molecule has 0 aliphatic carbocycles. The molecule has 0 aliphatic heterocycles. The monoisotopic (exact) mass is 411 g/mol. The number of carbonyl (C=O) groups is 2. The molecule has 0 fully saturated rings. The molecule has 3 rings (SSSR count). The zero-order chi connectivity index (χ0) is 20.8. The number of hydrogen-bond donors (Lipinski definition) is 3. The summed E-state index contributed by atoms with van der Waals surface area (Å²) in [6, 6.07) is 14.9. The molecule has 0 bridgehead atoms. The number of nitro benzene ring substituents is 1. The van der Waals surface area contributed by atoms with E-state index in [1.807, 2.05) is 30.3 Å². The Balaban J connectivity index is 1.82. The van der Waals surface area contributed by atoms with Gasteiger partial charge in [-0.15, -0.1) is 11.3 Å². The van der Waals surface area contributed by atoms with Gasteiger partial charge in [-0.05, 0) is 23.1 Å². The van der Waals surface area contributed by atoms with Crippen LogP contribution in [-0.2, 0) is 11.2 Å². The molecule has 0 saturated heterocycles. The summed E-state index contributed by atoms with van der Waals surface area (Å²) in [4.78, 5) is 36.1. The van der Waals surface area contributed by atoms with E-state index in [1.54, 1.807) is 17.5 Å². The van der Waals surface area contributed by atoms with Gasteiger partial charge in [0.1, 0.15) is 11.8 Å². The minimum atomic E-state index is -0.953. The zero-order valence-corrected chi connectivity index (χ0v) is 15.9. The van der Waals surface area contributed by atoms with Gasteiger partial charge < -0.3 is 15.7 Å². The molecule has 9 heteroatoms. The Bertz CT molecular complexity index is 1020. The lowest BCUT2D eigenvalue weighted by Gasteiger charge is -2.19. The van der Waals surface area contributed by atoms with Crippen LogP contribution in [0.4, 0.5) is 11.4 Å². The van der Waals surface area contributed by atoms with Crippen molar-refractivity contribution in [3.05, 3.63) is 86.6 Å². The average Bonchev–Trinajstić information content (AvgIpc) is 3.24. The van der Waals surface area contributed by atoms with E-state index in [4.69, 9.17) is 0 Å². The number of carbonyl (C=O) groups excluding carboxylic acids is 2. The molecule has 1 unspecified atom stereocenters. The van der Waals surface area contributed by atoms with E-state index in [2.05, 4.69) is 10.6 Å². The normalized spacial score (nSPS) is 11.4. The van der Waals surface area contributed by atoms with Crippen molar-refractivity contribution in [1.29, 1.82) is 0 Å². The third kappa shape index (κ3) is 5.17. The van der Waals surface area contributed by atoms with E-state index in [9.17, 15) is 24.8 Å². The Morgan fingerprint density at radius 1 is 1.10 bits per heavy atom. The molecular weight excluding hydrogens is 394 g/mol. The zero-order valence-electron chi connectivity index (χ0n) is 15.1. The third-order valence-corrected chi connectivity index (χ3v) is 4.97. The molecule has 29 heavy (non-hydrogen) atoms. The van der Waals surface area contributed by atoms with Crippen molar-refractivity contribution in [2.24, 2.45) is 0 Å². The highest BCUT2D eigenvalue weighted by Crippen LogP contribution is 2.28. The van der Waals surface area contributed by atoms with Gasteiger partial charge in [0.2, 0.25) is 5.91 Å². The number of phenolic OH excluding ortho intramolecular Hbond substituents is 1. The van der Waals surface area contributed by atoms with Crippen LogP contribution < -0.4 is 10.6 Å². The number of non-ortho nitro benzene ring substituents is 1. The standard InChI is InChI=1S/C20H17N3O5S/c24-17-9-8-14(23(27)28)12-15(17)21-19(25)16(11-13-5-2-1-3-6-13)22-20(26)18-7-4-10-29-18/h1-10,12,16,24H,11H2,(H,21,25)(H,22,26). The van der Waals surface area contributed by atoms with Crippen molar-refractivity contribution in [3.8, 4) is 5.75 Å². The molecule has 0 aliphatic rings. The molecule has 8 nitrogen and oxygen atoms in total. The molecule has 1 atom stereocenters. The van der Waals surface area contributed by atoms with Gasteiger partial charge in [0.15, 0.2) is 0 Å². The predicted molar refractivity (Wildman–Crippen MR) is 109 cm³/mol. The molecule has 0 radical (unpaired) electrons. The summed E-state index contributed by atoms with van der Waals surface area (Å²) in [7, 11) is 0. The third-order valence-electron chi connectivity index (χ3n) is 4.10. The average molecular weight is 411 g/mol. The second-order valence-electron chi connectivity index (χ2n) is 6.14. The SMILES string of the molecule is O=C(NC(Cc1ccccc1)C(=O)Nc1cc([N+](=O)[O-])ccc1O)c1cccs1. The summed E-state index contributed by atoms with van der Waals surface area (Å²) in [6.45, 7) is 0. The second kappa shape index (κ2) is 8.98. The maximum absolute atomic E-state index is 12.9. The summed E-state index contributed by atoms with van der Waals surface area (Å²) >= 11 is 1.24. The highest BCUT2D eigenvalue weighted by atomic mass is 32.1. The van der Waals surface area contributed by atoms with Crippen LogP contribution in [0.5, 0.6) is 5.75 Å². The van der Waals surface area contributed by atoms with Crippen molar-refractivity contribution in [2.45, 2.75) is 12.5 Å². The topological polar surface area (TPSA) is 122 Å². The second-order valence-corrected chi connectivity index (χ2v) is 7.09. The molecule has 2 amide bonds. The van der Waals surface area contributed by atoms with Crippen LogP contribution in [0.1, 0.15) is 15.2 Å². The lowest BCUT2D eigenvalue weighted by molar-refractivity contribution is -0.384. The van der Waals surface area contributed by atoms with Crippen molar-refractivity contribution in [3.63, 3.8) is 0 Å². The largest absolute Gasteiger partial charge is 0.506 e. The smallest absolute Gasteiger partial charge is 0.271 e. The predicted octanol–water partition coefficient (Wildman–Crippen LogP) is 3.34. The fourth-order valence-electron chi connectivity index (χ4n) is 2.65. The van der Waals surface area contributed by atoms with E-state index >= 15 is 0 Å². The fraction of sp³-hybridized carbons (Fsp3) is 0.100. The summed E-state index contributed by atoms with van der Waals surface area (Å²) in [6.07, 6.45) is 0.208. The number of aromatic hydroxyl groups is 1. The summed E-state index contributed by atoms with van der Waals surface area (Å²) in [5.74, 6) is -1.32. The minimum absolute atomic E-state index is 0.104. The lowest BCUT2D eigenvalue weighted by Crippen LogP contribution is -2.45. The van der Waals surface area contributed by atoms with Gasteiger partial charge >= 0.3 is 0 Å². The van der Waals surface area contributed by atoms with Gasteiger partial charge in [-0.25, -0.2) is 0 Å². The number of nitrogens with zero attached hydrogens (tertiary/aromatic N) is 1. The Morgan fingerprint density at radius 2 is 1.86 bits per heavy atom. The number of phenols is 1. The van der Waals surface area contributed by atoms with E-state index in [0.717, 1.165) is 23.8 Å². The molecule has 3 N–H and O–H groups in total. The van der Waals surface area contributed by atoms with Gasteiger partial charge in [-0.2, -0.15) is 0 Å². The van der Waals surface area contributed by atoms with Crippen LogP contribution in [0.25, 0.3) is 0 Å². The van der Waals surface area contributed by atoms with Gasteiger partial charge in [0, 0.05) is 18.6 Å². The maximum Gasteiger partial charge on any atom is 0.271 e. The Labute approximate surface area is 170 Å². The molecule has 148 valence electrons. The highest BCUT2D eigenvalue weighted by Gasteiger charge is 2.24. The molecule has 0 spiro atoms. The minimum Gasteiger partial charge on any atom is -0.506 e. The van der Waals surface area contributed by atoms with Gasteiger partial charge in [-0.1, -0.05) is 36.4 Å². The van der Waals surface area contributed by atoms with Crippen molar-refractivity contribution in [2.75, 3.05) is 5.32 Å². The Morgan fingerprint density at radius 3 is 2.52 bits per heavy atom. The van der Waals surface area contributed by atoms with E-state index in [1.165, 1.54) is 11.3 Å².